The van der Waals surface area contributed by atoms with Gasteiger partial charge in [0.1, 0.15) is 0 Å². The maximum atomic E-state index is 12.5. The summed E-state index contributed by atoms with van der Waals surface area (Å²) in [5.74, 6) is -1.30. The number of ether oxygens (including phenoxy) is 2. The summed E-state index contributed by atoms with van der Waals surface area (Å²) in [6, 6.07) is 18.1. The molecule has 2 rings (SSSR count). The molecule has 0 aliphatic rings. The first kappa shape index (κ1) is 19.1. The summed E-state index contributed by atoms with van der Waals surface area (Å²) in [6.07, 6.45) is 0. The van der Waals surface area contributed by atoms with E-state index in [-0.39, 0.29) is 24.6 Å². The molecule has 0 spiro atoms. The van der Waals surface area contributed by atoms with Gasteiger partial charge >= 0.3 is 11.9 Å². The van der Waals surface area contributed by atoms with Gasteiger partial charge in [-0.25, -0.2) is 9.59 Å². The topological polar surface area (TPSA) is 76.7 Å². The molecule has 2 N–H and O–H groups in total. The Morgan fingerprint density at radius 2 is 1.04 bits per heavy atom. The molecule has 136 valence electrons. The maximum absolute atomic E-state index is 12.5. The van der Waals surface area contributed by atoms with E-state index in [9.17, 15) is 9.59 Å². The number of nitrogens with one attached hydrogen (secondary N) is 2. The summed E-state index contributed by atoms with van der Waals surface area (Å²) in [4.78, 5) is 25.0. The van der Waals surface area contributed by atoms with Gasteiger partial charge in [-0.15, -0.1) is 0 Å². The third-order valence-corrected chi connectivity index (χ3v) is 3.30. The smallest absolute Gasteiger partial charge is 0.357 e. The number of rotatable bonds is 8. The molecule has 0 unspecified atom stereocenters. The zero-order valence-corrected chi connectivity index (χ0v) is 14.8. The normalized spacial score (nSPS) is 11.2. The maximum Gasteiger partial charge on any atom is 0.357 e. The van der Waals surface area contributed by atoms with Crippen molar-refractivity contribution in [3.05, 3.63) is 72.1 Å². The van der Waals surface area contributed by atoms with E-state index in [1.165, 1.54) is 0 Å². The first-order chi connectivity index (χ1) is 12.7. The highest BCUT2D eigenvalue weighted by Gasteiger charge is 2.24. The van der Waals surface area contributed by atoms with Gasteiger partial charge in [0.25, 0.3) is 0 Å². The number of carbonyl (C=O) groups is 2. The molecule has 6 nitrogen and oxygen atoms in total. The fourth-order valence-corrected chi connectivity index (χ4v) is 2.17. The first-order valence-electron chi connectivity index (χ1n) is 8.38. The zero-order chi connectivity index (χ0) is 18.8. The Kier molecular flexibility index (Phi) is 7.24. The Bertz CT molecular complexity index is 692. The monoisotopic (exact) mass is 354 g/mol. The molecule has 0 atom stereocenters. The van der Waals surface area contributed by atoms with Crippen molar-refractivity contribution in [3.63, 3.8) is 0 Å². The lowest BCUT2D eigenvalue weighted by Crippen LogP contribution is -2.25. The van der Waals surface area contributed by atoms with E-state index in [2.05, 4.69) is 10.6 Å². The average molecular weight is 354 g/mol. The highest BCUT2D eigenvalue weighted by Crippen LogP contribution is 2.18. The number of para-hydroxylation sites is 2. The average Bonchev–Trinajstić information content (AvgIpc) is 2.66. The van der Waals surface area contributed by atoms with Gasteiger partial charge < -0.3 is 20.1 Å². The molecule has 2 aromatic carbocycles. The minimum absolute atomic E-state index is 0.0136. The second-order valence-corrected chi connectivity index (χ2v) is 5.17. The molecule has 26 heavy (non-hydrogen) atoms. The van der Waals surface area contributed by atoms with Gasteiger partial charge in [-0.05, 0) is 38.1 Å². The minimum atomic E-state index is -0.650. The quantitative estimate of drug-likeness (QED) is 0.558. The molecule has 0 bridgehead atoms. The predicted octanol–water partition coefficient (Wildman–Crippen LogP) is 3.55. The van der Waals surface area contributed by atoms with Gasteiger partial charge in [-0.1, -0.05) is 36.4 Å². The molecule has 0 amide bonds. The highest BCUT2D eigenvalue weighted by atomic mass is 16.5. The van der Waals surface area contributed by atoms with Crippen LogP contribution < -0.4 is 10.6 Å². The predicted molar refractivity (Wildman–Crippen MR) is 100 cm³/mol. The van der Waals surface area contributed by atoms with Crippen LogP contribution in [0.5, 0.6) is 0 Å². The van der Waals surface area contributed by atoms with Crippen molar-refractivity contribution < 1.29 is 19.1 Å². The van der Waals surface area contributed by atoms with Crippen LogP contribution in [-0.2, 0) is 19.1 Å². The number of anilines is 2. The van der Waals surface area contributed by atoms with E-state index in [1.807, 2.05) is 36.4 Å². The van der Waals surface area contributed by atoms with Crippen LogP contribution >= 0.6 is 0 Å². The number of esters is 2. The molecule has 0 heterocycles. The lowest BCUT2D eigenvalue weighted by Gasteiger charge is -2.17. The van der Waals surface area contributed by atoms with Gasteiger partial charge in [0.15, 0.2) is 11.4 Å². The lowest BCUT2D eigenvalue weighted by molar-refractivity contribution is -0.141. The Morgan fingerprint density at radius 1 is 0.692 bits per heavy atom. The molecule has 0 aliphatic carbocycles. The summed E-state index contributed by atoms with van der Waals surface area (Å²) in [5.41, 5.74) is 1.26. The Hall–Kier alpha value is -3.28. The molecular weight excluding hydrogens is 332 g/mol. The summed E-state index contributed by atoms with van der Waals surface area (Å²) in [7, 11) is 0. The van der Waals surface area contributed by atoms with E-state index in [0.29, 0.717) is 11.4 Å². The second-order valence-electron chi connectivity index (χ2n) is 5.17. The fraction of sp³-hybridized carbons (Fsp3) is 0.200. The lowest BCUT2D eigenvalue weighted by atomic mass is 10.2. The van der Waals surface area contributed by atoms with Crippen LogP contribution in [0.2, 0.25) is 0 Å². The van der Waals surface area contributed by atoms with E-state index >= 15 is 0 Å². The van der Waals surface area contributed by atoms with Crippen LogP contribution in [0.15, 0.2) is 72.1 Å². The molecule has 0 saturated heterocycles. The summed E-state index contributed by atoms with van der Waals surface area (Å²) in [6.45, 7) is 3.76. The van der Waals surface area contributed by atoms with E-state index < -0.39 is 11.9 Å². The highest BCUT2D eigenvalue weighted by molar-refractivity contribution is 6.04. The summed E-state index contributed by atoms with van der Waals surface area (Å²) < 4.78 is 10.2. The molecule has 2 aromatic rings. The standard InChI is InChI=1S/C20H22N2O4/c1-3-25-19(23)17(21-15-11-7-5-8-12-15)18(20(24)26-4-2)22-16-13-9-6-10-14-16/h5-14,21-22H,3-4H2,1-2H3. The largest absolute Gasteiger partial charge is 0.461 e. The second kappa shape index (κ2) is 9.88. The van der Waals surface area contributed by atoms with E-state index in [0.717, 1.165) is 0 Å². The van der Waals surface area contributed by atoms with Crippen molar-refractivity contribution in [2.24, 2.45) is 0 Å². The first-order valence-corrected chi connectivity index (χ1v) is 8.38. The number of hydrogen-bond donors (Lipinski definition) is 2. The zero-order valence-electron chi connectivity index (χ0n) is 14.8. The Labute approximate surface area is 152 Å². The van der Waals surface area contributed by atoms with Gasteiger partial charge in [-0.3, -0.25) is 0 Å². The van der Waals surface area contributed by atoms with E-state index in [4.69, 9.17) is 9.47 Å². The van der Waals surface area contributed by atoms with Crippen molar-refractivity contribution in [2.75, 3.05) is 23.8 Å². The minimum Gasteiger partial charge on any atom is -0.461 e. The Morgan fingerprint density at radius 3 is 1.35 bits per heavy atom. The summed E-state index contributed by atoms with van der Waals surface area (Å²) >= 11 is 0. The fourth-order valence-electron chi connectivity index (χ4n) is 2.17. The third-order valence-electron chi connectivity index (χ3n) is 3.30. The van der Waals surface area contributed by atoms with Crippen LogP contribution in [0, 0.1) is 0 Å². The van der Waals surface area contributed by atoms with Crippen LogP contribution in [0.1, 0.15) is 13.8 Å². The number of carbonyl (C=O) groups excluding carboxylic acids is 2. The molecule has 0 fully saturated rings. The molecule has 0 saturated carbocycles. The van der Waals surface area contributed by atoms with Crippen LogP contribution in [0.25, 0.3) is 0 Å². The van der Waals surface area contributed by atoms with Gasteiger partial charge in [-0.2, -0.15) is 0 Å². The van der Waals surface area contributed by atoms with Crippen molar-refractivity contribution in [3.8, 4) is 0 Å². The molecule has 0 aromatic heterocycles. The van der Waals surface area contributed by atoms with Gasteiger partial charge in [0.05, 0.1) is 13.2 Å². The van der Waals surface area contributed by atoms with Crippen molar-refractivity contribution in [2.45, 2.75) is 13.8 Å². The van der Waals surface area contributed by atoms with Gasteiger partial charge in [0.2, 0.25) is 0 Å². The van der Waals surface area contributed by atoms with Crippen LogP contribution in [0.4, 0.5) is 11.4 Å². The van der Waals surface area contributed by atoms with Crippen molar-refractivity contribution in [1.82, 2.24) is 0 Å². The number of hydrogen-bond acceptors (Lipinski definition) is 6. The SMILES string of the molecule is CCOC(=O)C(Nc1ccccc1)=C(Nc1ccccc1)C(=O)OCC. The molecular formula is C20H22N2O4. The van der Waals surface area contributed by atoms with Gasteiger partial charge in [0, 0.05) is 11.4 Å². The Balaban J connectivity index is 2.47. The molecule has 6 heteroatoms. The van der Waals surface area contributed by atoms with Crippen LogP contribution in [0.3, 0.4) is 0 Å². The summed E-state index contributed by atoms with van der Waals surface area (Å²) in [5, 5.41) is 5.93. The van der Waals surface area contributed by atoms with Crippen molar-refractivity contribution in [1.29, 1.82) is 0 Å². The van der Waals surface area contributed by atoms with E-state index in [1.54, 1.807) is 38.1 Å². The van der Waals surface area contributed by atoms with Crippen LogP contribution in [-0.4, -0.2) is 25.2 Å². The molecule has 0 radical (unpaired) electrons. The third kappa shape index (κ3) is 5.37. The van der Waals surface area contributed by atoms with Crippen molar-refractivity contribution >= 4 is 23.3 Å². The molecule has 0 aliphatic heterocycles. The number of benzene rings is 2.